The van der Waals surface area contributed by atoms with Gasteiger partial charge in [-0.2, -0.15) is 0 Å². The molecular formula is C68H52. The van der Waals surface area contributed by atoms with E-state index in [9.17, 15) is 0 Å². The van der Waals surface area contributed by atoms with Gasteiger partial charge in [-0.1, -0.05) is 234 Å². The number of allylic oxidation sites excluding steroid dienone is 5. The third-order valence-electron chi connectivity index (χ3n) is 15.9. The summed E-state index contributed by atoms with van der Waals surface area (Å²) in [6, 6.07) is 77.4. The molecule has 0 spiro atoms. The minimum Gasteiger partial charge on any atom is -0.0622 e. The van der Waals surface area contributed by atoms with Gasteiger partial charge in [-0.05, 0) is 159 Å². The Morgan fingerprint density at radius 2 is 0.559 bits per heavy atom. The Hall–Kier alpha value is -7.80. The van der Waals surface area contributed by atoms with E-state index in [4.69, 9.17) is 0 Å². The molecule has 0 unspecified atom stereocenters. The van der Waals surface area contributed by atoms with E-state index in [1.807, 2.05) is 0 Å². The Balaban J connectivity index is 1.28. The maximum absolute atomic E-state index is 2.45. The third-order valence-corrected chi connectivity index (χ3v) is 15.9. The number of benzene rings is 9. The van der Waals surface area contributed by atoms with E-state index in [0.29, 0.717) is 0 Å². The maximum atomic E-state index is 2.45. The Bertz CT molecular complexity index is 3680. The molecule has 324 valence electrons. The number of hydrogen-bond donors (Lipinski definition) is 0. The minimum atomic E-state index is -0.242. The molecule has 0 heterocycles. The lowest BCUT2D eigenvalue weighted by molar-refractivity contribution is 0.658. The van der Waals surface area contributed by atoms with Crippen molar-refractivity contribution in [3.8, 4) is 44.5 Å². The van der Waals surface area contributed by atoms with Gasteiger partial charge in [-0.15, -0.1) is 0 Å². The Morgan fingerprint density at radius 1 is 0.235 bits per heavy atom. The fourth-order valence-electron chi connectivity index (χ4n) is 13.2. The molecule has 4 aliphatic rings. The van der Waals surface area contributed by atoms with Crippen LogP contribution in [-0.2, 0) is 10.8 Å². The first-order valence-corrected chi connectivity index (χ1v) is 24.3. The van der Waals surface area contributed by atoms with Crippen molar-refractivity contribution in [1.82, 2.24) is 0 Å². The van der Waals surface area contributed by atoms with Gasteiger partial charge in [-0.3, -0.25) is 0 Å². The lowest BCUT2D eigenvalue weighted by Gasteiger charge is -2.28. The molecule has 0 radical (unpaired) electrons. The Kier molecular flexibility index (Phi) is 8.84. The van der Waals surface area contributed by atoms with Crippen LogP contribution in [0.5, 0.6) is 0 Å². The highest BCUT2D eigenvalue weighted by Crippen LogP contribution is 2.67. The van der Waals surface area contributed by atoms with Crippen LogP contribution in [0.1, 0.15) is 94.5 Å². The minimum absolute atomic E-state index is 0.241. The van der Waals surface area contributed by atoms with Crippen molar-refractivity contribution < 1.29 is 0 Å². The van der Waals surface area contributed by atoms with Crippen molar-refractivity contribution in [2.45, 2.75) is 52.4 Å². The second-order valence-corrected chi connectivity index (χ2v) is 20.3. The molecule has 0 bridgehead atoms. The molecule has 0 aliphatic heterocycles. The summed E-state index contributed by atoms with van der Waals surface area (Å²) in [5, 5.41) is 0. The smallest absolute Gasteiger partial charge is 0.0165 e. The average Bonchev–Trinajstić information content (AvgIpc) is 4.05. The van der Waals surface area contributed by atoms with Crippen LogP contribution in [0.4, 0.5) is 0 Å². The van der Waals surface area contributed by atoms with Crippen molar-refractivity contribution in [3.05, 3.63) is 279 Å². The van der Waals surface area contributed by atoms with Crippen molar-refractivity contribution in [2.75, 3.05) is 0 Å². The molecule has 13 rings (SSSR count). The van der Waals surface area contributed by atoms with Crippen LogP contribution < -0.4 is 0 Å². The summed E-state index contributed by atoms with van der Waals surface area (Å²) in [6.07, 6.45) is 0. The first-order chi connectivity index (χ1) is 33.2. The van der Waals surface area contributed by atoms with Gasteiger partial charge in [0.2, 0.25) is 0 Å². The van der Waals surface area contributed by atoms with Crippen molar-refractivity contribution >= 4 is 27.9 Å². The van der Waals surface area contributed by atoms with Crippen LogP contribution in [0.15, 0.2) is 212 Å². The highest BCUT2D eigenvalue weighted by atomic mass is 14.5. The molecule has 9 aromatic carbocycles. The van der Waals surface area contributed by atoms with E-state index in [-0.39, 0.29) is 10.8 Å². The van der Waals surface area contributed by atoms with Crippen molar-refractivity contribution in [1.29, 1.82) is 0 Å². The van der Waals surface area contributed by atoms with Gasteiger partial charge < -0.3 is 0 Å². The first kappa shape index (κ1) is 40.5. The molecule has 0 aromatic heterocycles. The highest BCUT2D eigenvalue weighted by Gasteiger charge is 2.47. The normalized spacial score (nSPS) is 15.6. The molecule has 0 heteroatoms. The monoisotopic (exact) mass is 868 g/mol. The van der Waals surface area contributed by atoms with Crippen LogP contribution in [0.3, 0.4) is 0 Å². The fourth-order valence-corrected chi connectivity index (χ4v) is 13.2. The summed E-state index contributed by atoms with van der Waals surface area (Å²) >= 11 is 0. The van der Waals surface area contributed by atoms with Crippen LogP contribution in [0.2, 0.25) is 0 Å². The molecular weight excluding hydrogens is 817 g/mol. The van der Waals surface area contributed by atoms with E-state index in [0.717, 1.165) is 0 Å². The Morgan fingerprint density at radius 3 is 1.00 bits per heavy atom. The molecule has 0 N–H and O–H groups in total. The molecule has 4 aliphatic carbocycles. The quantitative estimate of drug-likeness (QED) is 0.156. The molecule has 0 saturated heterocycles. The van der Waals surface area contributed by atoms with Gasteiger partial charge in [0.15, 0.2) is 0 Å². The predicted octanol–water partition coefficient (Wildman–Crippen LogP) is 17.6. The van der Waals surface area contributed by atoms with Gasteiger partial charge in [0.05, 0.1) is 0 Å². The summed E-state index contributed by atoms with van der Waals surface area (Å²) in [7, 11) is 0. The second-order valence-electron chi connectivity index (χ2n) is 20.3. The topological polar surface area (TPSA) is 0 Å². The summed E-state index contributed by atoms with van der Waals surface area (Å²) in [5.41, 5.74) is 33.8. The average molecular weight is 869 g/mol. The van der Waals surface area contributed by atoms with Gasteiger partial charge in [0.25, 0.3) is 0 Å². The zero-order valence-corrected chi connectivity index (χ0v) is 39.6. The van der Waals surface area contributed by atoms with Crippen LogP contribution in [-0.4, -0.2) is 0 Å². The molecule has 68 heavy (non-hydrogen) atoms. The molecule has 0 nitrogen and oxygen atoms in total. The van der Waals surface area contributed by atoms with Crippen LogP contribution >= 0.6 is 0 Å². The van der Waals surface area contributed by atoms with Gasteiger partial charge in [0, 0.05) is 10.8 Å². The lowest BCUT2D eigenvalue weighted by Crippen LogP contribution is -2.17. The number of fused-ring (bicyclic) bond motifs is 9. The van der Waals surface area contributed by atoms with Gasteiger partial charge >= 0.3 is 0 Å². The summed E-state index contributed by atoms with van der Waals surface area (Å²) in [4.78, 5) is 0. The predicted molar refractivity (Wildman–Crippen MR) is 287 cm³/mol. The molecule has 0 fully saturated rings. The van der Waals surface area contributed by atoms with E-state index in [1.165, 1.54) is 145 Å². The van der Waals surface area contributed by atoms with E-state index in [2.05, 4.69) is 248 Å². The largest absolute Gasteiger partial charge is 0.0622 e. The van der Waals surface area contributed by atoms with Gasteiger partial charge in [0.1, 0.15) is 0 Å². The Labute approximate surface area is 401 Å². The van der Waals surface area contributed by atoms with E-state index in [1.54, 1.807) is 0 Å². The third kappa shape index (κ3) is 5.49. The fraction of sp³-hybridized carbons (Fsp3) is 0.118. The SMILES string of the molecule is Cc1c2c(c(C)c(-c3ccccc3)c1-c1ccccc1)C(c1cccc3c1C(C)(C)c1ccccc1-3)=C1C(c3ccccc3)=C(c3ccccc3)C(c3cccc4c3C(C)(C)c3ccccc3-4)=C12. The zero-order valence-electron chi connectivity index (χ0n) is 39.6. The van der Waals surface area contributed by atoms with E-state index >= 15 is 0 Å². The number of rotatable bonds is 6. The molecule has 0 saturated carbocycles. The molecule has 0 atom stereocenters. The lowest BCUT2D eigenvalue weighted by atomic mass is 9.74. The van der Waals surface area contributed by atoms with Crippen LogP contribution in [0, 0.1) is 13.8 Å². The maximum Gasteiger partial charge on any atom is 0.0165 e. The molecule has 9 aromatic rings. The summed E-state index contributed by atoms with van der Waals surface area (Å²) in [5.74, 6) is 0. The van der Waals surface area contributed by atoms with E-state index < -0.39 is 0 Å². The second kappa shape index (κ2) is 14.9. The zero-order chi connectivity index (χ0) is 46.1. The number of hydrogen-bond acceptors (Lipinski definition) is 0. The van der Waals surface area contributed by atoms with Crippen molar-refractivity contribution in [3.63, 3.8) is 0 Å². The molecule has 0 amide bonds. The first-order valence-electron chi connectivity index (χ1n) is 24.3. The summed E-state index contributed by atoms with van der Waals surface area (Å²) < 4.78 is 0. The standard InChI is InChI=1S/C68H52/c1-41-55(43-25-11-7-12-26-43)56(44-27-13-8-14-28-44)42(2)58-57(41)61(51-37-23-35-49-47-33-19-21-39-53(47)67(3,4)65(49)51)64-60(46-31-17-10-18-32-46)59(45-29-15-9-16-30-45)62(63(58)64)52-38-24-36-50-48-34-20-22-40-54(48)68(5,6)66(50)52/h7-40H,1-6H3. The summed E-state index contributed by atoms with van der Waals surface area (Å²) in [6.45, 7) is 14.6. The highest BCUT2D eigenvalue weighted by molar-refractivity contribution is 6.40. The van der Waals surface area contributed by atoms with Crippen molar-refractivity contribution in [2.24, 2.45) is 0 Å². The van der Waals surface area contributed by atoms with Crippen LogP contribution in [0.25, 0.3) is 72.4 Å². The van der Waals surface area contributed by atoms with Gasteiger partial charge in [-0.25, -0.2) is 0 Å².